The quantitative estimate of drug-likeness (QED) is 0.438. The van der Waals surface area contributed by atoms with Crippen molar-refractivity contribution in [3.8, 4) is 17.9 Å². The monoisotopic (exact) mass is 175 g/mol. The van der Waals surface area contributed by atoms with Crippen molar-refractivity contribution in [1.82, 2.24) is 0 Å². The molecule has 0 aliphatic rings. The first-order valence-electron chi connectivity index (χ1n) is 3.42. The summed E-state index contributed by atoms with van der Waals surface area (Å²) in [5.41, 5.74) is 1.53. The summed E-state index contributed by atoms with van der Waals surface area (Å²) in [6.07, 6.45) is 0. The molecule has 1 rings (SSSR count). The molecule has 0 aromatic heterocycles. The topological polar surface area (TPSA) is 23.8 Å². The summed E-state index contributed by atoms with van der Waals surface area (Å²) in [5, 5.41) is 8.50. The number of hydrogen-bond donors (Lipinski definition) is 0. The molecule has 0 fully saturated rings. The fraction of sp³-hybridized carbons (Fsp3) is 0.100. The van der Waals surface area contributed by atoms with E-state index in [0.29, 0.717) is 11.4 Å². The van der Waals surface area contributed by atoms with E-state index in [1.54, 1.807) is 24.3 Å². The second kappa shape index (κ2) is 4.44. The highest BCUT2D eigenvalue weighted by Gasteiger charge is 1.88. The van der Waals surface area contributed by atoms with Gasteiger partial charge in [0, 0.05) is 5.56 Å². The molecular weight excluding hydrogens is 170 g/mol. The molecule has 0 spiro atoms. The number of rotatable bonds is 0. The maximum atomic E-state index is 8.50. The van der Waals surface area contributed by atoms with Crippen LogP contribution in [0.15, 0.2) is 24.3 Å². The van der Waals surface area contributed by atoms with Crippen LogP contribution >= 0.6 is 11.6 Å². The molecule has 12 heavy (non-hydrogen) atoms. The normalized spacial score (nSPS) is 8.00. The lowest BCUT2D eigenvalue weighted by Crippen LogP contribution is -1.76. The maximum Gasteiger partial charge on any atom is 0.0991 e. The molecule has 0 amide bonds. The first-order chi connectivity index (χ1) is 5.86. The molecule has 0 N–H and O–H groups in total. The SMILES string of the molecule is N#Cc1ccc(C#CCCl)cc1. The van der Waals surface area contributed by atoms with E-state index in [-0.39, 0.29) is 0 Å². The molecule has 0 aliphatic heterocycles. The summed E-state index contributed by atoms with van der Waals surface area (Å²) in [4.78, 5) is 0. The van der Waals surface area contributed by atoms with Crippen LogP contribution < -0.4 is 0 Å². The van der Waals surface area contributed by atoms with Gasteiger partial charge in [-0.3, -0.25) is 0 Å². The van der Waals surface area contributed by atoms with Gasteiger partial charge in [0.1, 0.15) is 0 Å². The fourth-order valence-electron chi connectivity index (χ4n) is 0.764. The summed E-state index contributed by atoms with van der Waals surface area (Å²) in [5.74, 6) is 5.92. The number of hydrogen-bond acceptors (Lipinski definition) is 1. The minimum absolute atomic E-state index is 0.333. The highest BCUT2D eigenvalue weighted by atomic mass is 35.5. The van der Waals surface area contributed by atoms with E-state index in [2.05, 4.69) is 11.8 Å². The largest absolute Gasteiger partial charge is 0.192 e. The molecule has 2 heteroatoms. The molecule has 0 heterocycles. The van der Waals surface area contributed by atoms with Crippen molar-refractivity contribution in [3.63, 3.8) is 0 Å². The Labute approximate surface area is 76.6 Å². The molecular formula is C10H6ClN. The minimum Gasteiger partial charge on any atom is -0.192 e. The Morgan fingerprint density at radius 1 is 1.17 bits per heavy atom. The second-order valence-corrected chi connectivity index (χ2v) is 2.39. The zero-order valence-electron chi connectivity index (χ0n) is 6.34. The van der Waals surface area contributed by atoms with Crippen LogP contribution in [-0.2, 0) is 0 Å². The van der Waals surface area contributed by atoms with Gasteiger partial charge in [-0.05, 0) is 24.3 Å². The van der Waals surface area contributed by atoms with Crippen LogP contribution in [0.3, 0.4) is 0 Å². The van der Waals surface area contributed by atoms with Gasteiger partial charge in [-0.2, -0.15) is 5.26 Å². The molecule has 0 bridgehead atoms. The Bertz CT molecular complexity index is 348. The highest BCUT2D eigenvalue weighted by Crippen LogP contribution is 2.00. The van der Waals surface area contributed by atoms with Gasteiger partial charge < -0.3 is 0 Å². The summed E-state index contributed by atoms with van der Waals surface area (Å²) in [7, 11) is 0. The number of nitriles is 1. The molecule has 0 aliphatic carbocycles. The van der Waals surface area contributed by atoms with Crippen LogP contribution in [0.5, 0.6) is 0 Å². The van der Waals surface area contributed by atoms with Crippen LogP contribution in [0.25, 0.3) is 0 Å². The Balaban J connectivity index is 2.87. The molecule has 0 saturated carbocycles. The van der Waals surface area contributed by atoms with E-state index < -0.39 is 0 Å². The second-order valence-electron chi connectivity index (χ2n) is 2.12. The molecule has 1 aromatic rings. The average Bonchev–Trinajstić information content (AvgIpc) is 2.15. The Kier molecular flexibility index (Phi) is 3.20. The predicted molar refractivity (Wildman–Crippen MR) is 48.8 cm³/mol. The minimum atomic E-state index is 0.333. The third-order valence-corrected chi connectivity index (χ3v) is 1.45. The Morgan fingerprint density at radius 3 is 2.25 bits per heavy atom. The van der Waals surface area contributed by atoms with E-state index in [1.165, 1.54) is 0 Å². The van der Waals surface area contributed by atoms with Crippen molar-refractivity contribution < 1.29 is 0 Å². The van der Waals surface area contributed by atoms with Crippen LogP contribution in [-0.4, -0.2) is 5.88 Å². The third kappa shape index (κ3) is 2.31. The number of nitrogens with zero attached hydrogens (tertiary/aromatic N) is 1. The van der Waals surface area contributed by atoms with Crippen LogP contribution in [0.2, 0.25) is 0 Å². The van der Waals surface area contributed by atoms with Gasteiger partial charge in [-0.25, -0.2) is 0 Å². The van der Waals surface area contributed by atoms with E-state index in [4.69, 9.17) is 16.9 Å². The van der Waals surface area contributed by atoms with E-state index in [0.717, 1.165) is 5.56 Å². The lowest BCUT2D eigenvalue weighted by molar-refractivity contribution is 1.48. The summed E-state index contributed by atoms with van der Waals surface area (Å²) in [6, 6.07) is 9.11. The van der Waals surface area contributed by atoms with Crippen molar-refractivity contribution >= 4 is 11.6 Å². The van der Waals surface area contributed by atoms with E-state index >= 15 is 0 Å². The first-order valence-corrected chi connectivity index (χ1v) is 3.95. The summed E-state index contributed by atoms with van der Waals surface area (Å²) in [6.45, 7) is 0. The average molecular weight is 176 g/mol. The lowest BCUT2D eigenvalue weighted by atomic mass is 10.1. The van der Waals surface area contributed by atoms with Gasteiger partial charge in [0.05, 0.1) is 17.5 Å². The molecule has 1 nitrogen and oxygen atoms in total. The van der Waals surface area contributed by atoms with Crippen molar-refractivity contribution in [2.45, 2.75) is 0 Å². The number of halogens is 1. The van der Waals surface area contributed by atoms with Gasteiger partial charge in [0.25, 0.3) is 0 Å². The van der Waals surface area contributed by atoms with Crippen molar-refractivity contribution in [3.05, 3.63) is 35.4 Å². The zero-order valence-corrected chi connectivity index (χ0v) is 7.10. The Morgan fingerprint density at radius 2 is 1.75 bits per heavy atom. The van der Waals surface area contributed by atoms with Crippen LogP contribution in [0.1, 0.15) is 11.1 Å². The molecule has 0 radical (unpaired) electrons. The highest BCUT2D eigenvalue weighted by molar-refractivity contribution is 6.19. The maximum absolute atomic E-state index is 8.50. The van der Waals surface area contributed by atoms with Crippen molar-refractivity contribution in [2.75, 3.05) is 5.88 Å². The summed E-state index contributed by atoms with van der Waals surface area (Å²) < 4.78 is 0. The zero-order chi connectivity index (χ0) is 8.81. The van der Waals surface area contributed by atoms with Gasteiger partial charge >= 0.3 is 0 Å². The molecule has 0 saturated heterocycles. The number of alkyl halides is 1. The Hall–Kier alpha value is -1.44. The van der Waals surface area contributed by atoms with Crippen LogP contribution in [0.4, 0.5) is 0 Å². The number of benzene rings is 1. The fourth-order valence-corrected chi connectivity index (χ4v) is 0.830. The van der Waals surface area contributed by atoms with E-state index in [1.807, 2.05) is 6.07 Å². The predicted octanol–water partition coefficient (Wildman–Crippen LogP) is 2.15. The first kappa shape index (κ1) is 8.65. The third-order valence-electron chi connectivity index (χ3n) is 1.31. The smallest absolute Gasteiger partial charge is 0.0991 e. The summed E-state index contributed by atoms with van der Waals surface area (Å²) >= 11 is 5.38. The van der Waals surface area contributed by atoms with Gasteiger partial charge in [0.2, 0.25) is 0 Å². The van der Waals surface area contributed by atoms with Gasteiger partial charge in [-0.1, -0.05) is 11.8 Å². The van der Waals surface area contributed by atoms with Crippen molar-refractivity contribution in [2.24, 2.45) is 0 Å². The van der Waals surface area contributed by atoms with Crippen LogP contribution in [0, 0.1) is 23.2 Å². The molecule has 1 aromatic carbocycles. The lowest BCUT2D eigenvalue weighted by Gasteiger charge is -1.88. The molecule has 0 atom stereocenters. The molecule has 0 unspecified atom stereocenters. The van der Waals surface area contributed by atoms with Gasteiger partial charge in [0.15, 0.2) is 0 Å². The van der Waals surface area contributed by atoms with E-state index in [9.17, 15) is 0 Å². The van der Waals surface area contributed by atoms with Gasteiger partial charge in [-0.15, -0.1) is 11.6 Å². The molecule has 58 valence electrons. The standard InChI is InChI=1S/C10H6ClN/c11-7-1-2-9-3-5-10(8-12)6-4-9/h3-6H,7H2. The van der Waals surface area contributed by atoms with Crippen molar-refractivity contribution in [1.29, 1.82) is 5.26 Å².